The normalized spacial score (nSPS) is 16.7. The van der Waals surface area contributed by atoms with Crippen LogP contribution in [0.3, 0.4) is 0 Å². The Labute approximate surface area is 326 Å². The zero-order valence-electron chi connectivity index (χ0n) is 33.3. The van der Waals surface area contributed by atoms with Crippen LogP contribution in [0.1, 0.15) is 101 Å². The van der Waals surface area contributed by atoms with Crippen molar-refractivity contribution >= 4 is 0 Å². The molecule has 3 heteroatoms. The third-order valence-corrected chi connectivity index (χ3v) is 12.8. The minimum absolute atomic E-state index is 0.117. The maximum Gasteiger partial charge on any atom is 0.164 e. The fraction of sp³-hybridized carbons (Fsp3) is 0.250. The fourth-order valence-corrected chi connectivity index (χ4v) is 8.92. The predicted octanol–water partition coefficient (Wildman–Crippen LogP) is 13.5. The Hall–Kier alpha value is -5.67. The van der Waals surface area contributed by atoms with Gasteiger partial charge in [0.25, 0.3) is 0 Å². The molecule has 0 bridgehead atoms. The van der Waals surface area contributed by atoms with Crippen molar-refractivity contribution in [2.45, 2.75) is 72.6 Å². The van der Waals surface area contributed by atoms with Gasteiger partial charge in [-0.3, -0.25) is 0 Å². The van der Waals surface area contributed by atoms with Crippen molar-refractivity contribution in [2.24, 2.45) is 10.8 Å². The van der Waals surface area contributed by atoms with E-state index in [1.54, 1.807) is 0 Å². The molecule has 1 aromatic heterocycles. The van der Waals surface area contributed by atoms with Crippen LogP contribution in [-0.2, 0) is 5.41 Å². The lowest BCUT2D eigenvalue weighted by molar-refractivity contribution is 0.339. The molecule has 3 nitrogen and oxygen atoms in total. The highest BCUT2D eigenvalue weighted by Gasteiger charge is 2.53. The quantitative estimate of drug-likeness (QED) is 0.178. The van der Waals surface area contributed by atoms with Crippen molar-refractivity contribution in [3.05, 3.63) is 173 Å². The summed E-state index contributed by atoms with van der Waals surface area (Å²) in [5, 5.41) is 0. The Kier molecular flexibility index (Phi) is 8.10. The van der Waals surface area contributed by atoms with Gasteiger partial charge in [0.1, 0.15) is 0 Å². The second-order valence-corrected chi connectivity index (χ2v) is 17.8. The molecule has 0 fully saturated rings. The largest absolute Gasteiger partial charge is 0.208 e. The van der Waals surface area contributed by atoms with Gasteiger partial charge in [-0.25, -0.2) is 15.0 Å². The summed E-state index contributed by atoms with van der Waals surface area (Å²) in [6.07, 6.45) is 0. The van der Waals surface area contributed by atoms with Gasteiger partial charge in [0.05, 0.1) is 5.41 Å². The van der Waals surface area contributed by atoms with Crippen molar-refractivity contribution in [3.63, 3.8) is 0 Å². The van der Waals surface area contributed by atoms with Gasteiger partial charge in [-0.1, -0.05) is 195 Å². The summed E-state index contributed by atoms with van der Waals surface area (Å²) in [7, 11) is 0. The minimum Gasteiger partial charge on any atom is -0.208 e. The molecule has 2 atom stereocenters. The van der Waals surface area contributed by atoms with E-state index >= 15 is 0 Å². The van der Waals surface area contributed by atoms with Crippen LogP contribution < -0.4 is 0 Å². The van der Waals surface area contributed by atoms with Gasteiger partial charge in [0.2, 0.25) is 0 Å². The number of aromatic nitrogens is 3. The van der Waals surface area contributed by atoms with Crippen LogP contribution in [0.5, 0.6) is 0 Å². The molecule has 0 N–H and O–H groups in total. The van der Waals surface area contributed by atoms with Gasteiger partial charge < -0.3 is 0 Å². The van der Waals surface area contributed by atoms with Gasteiger partial charge >= 0.3 is 0 Å². The second kappa shape index (κ2) is 12.7. The van der Waals surface area contributed by atoms with E-state index in [2.05, 4.69) is 159 Å². The number of benzene rings is 6. The number of rotatable bonds is 5. The van der Waals surface area contributed by atoms with Crippen molar-refractivity contribution < 1.29 is 0 Å². The van der Waals surface area contributed by atoms with Crippen molar-refractivity contribution in [3.8, 4) is 56.4 Å². The topological polar surface area (TPSA) is 38.7 Å². The van der Waals surface area contributed by atoms with E-state index < -0.39 is 5.41 Å². The van der Waals surface area contributed by atoms with Gasteiger partial charge in [0, 0.05) is 16.7 Å². The fourth-order valence-electron chi connectivity index (χ4n) is 8.92. The Morgan fingerprint density at radius 1 is 0.400 bits per heavy atom. The summed E-state index contributed by atoms with van der Waals surface area (Å²) >= 11 is 0. The predicted molar refractivity (Wildman–Crippen MR) is 228 cm³/mol. The molecule has 9 rings (SSSR count). The van der Waals surface area contributed by atoms with Crippen LogP contribution in [0, 0.1) is 10.8 Å². The van der Waals surface area contributed by atoms with E-state index in [1.807, 2.05) is 36.4 Å². The molecule has 0 radical (unpaired) electrons. The van der Waals surface area contributed by atoms with Crippen molar-refractivity contribution in [2.75, 3.05) is 0 Å². The van der Waals surface area contributed by atoms with Crippen molar-refractivity contribution in [1.29, 1.82) is 0 Å². The van der Waals surface area contributed by atoms with E-state index in [0.717, 1.165) is 16.7 Å². The smallest absolute Gasteiger partial charge is 0.164 e. The highest BCUT2D eigenvalue weighted by atomic mass is 15.0. The van der Waals surface area contributed by atoms with Crippen LogP contribution in [0.4, 0.5) is 0 Å². The molecule has 0 aliphatic heterocycles. The second-order valence-electron chi connectivity index (χ2n) is 17.8. The number of hydrogen-bond donors (Lipinski definition) is 0. The molecule has 272 valence electrons. The summed E-state index contributed by atoms with van der Waals surface area (Å²) in [6, 6.07) is 51.1. The van der Waals surface area contributed by atoms with Gasteiger partial charge in [-0.2, -0.15) is 0 Å². The lowest BCUT2D eigenvalue weighted by atomic mass is 9.68. The molecule has 7 aromatic rings. The average molecular weight is 716 g/mol. The van der Waals surface area contributed by atoms with Crippen LogP contribution in [0.2, 0.25) is 0 Å². The first kappa shape index (κ1) is 35.1. The molecule has 0 saturated heterocycles. The molecule has 2 unspecified atom stereocenters. The summed E-state index contributed by atoms with van der Waals surface area (Å²) in [6.45, 7) is 18.9. The third-order valence-electron chi connectivity index (χ3n) is 12.8. The first-order valence-electron chi connectivity index (χ1n) is 19.8. The molecular weight excluding hydrogens is 667 g/mol. The van der Waals surface area contributed by atoms with Crippen LogP contribution in [-0.4, -0.2) is 15.0 Å². The Morgan fingerprint density at radius 2 is 0.836 bits per heavy atom. The Morgan fingerprint density at radius 3 is 1.35 bits per heavy atom. The first-order valence-corrected chi connectivity index (χ1v) is 19.8. The van der Waals surface area contributed by atoms with Gasteiger partial charge in [-0.15, -0.1) is 0 Å². The maximum atomic E-state index is 5.26. The number of fused-ring (bicyclic) bond motifs is 10. The molecule has 6 aromatic carbocycles. The monoisotopic (exact) mass is 715 g/mol. The van der Waals surface area contributed by atoms with E-state index in [9.17, 15) is 0 Å². The first-order chi connectivity index (χ1) is 26.4. The third kappa shape index (κ3) is 5.50. The van der Waals surface area contributed by atoms with Crippen LogP contribution >= 0.6 is 0 Å². The average Bonchev–Trinajstić information content (AvgIpc) is 3.66. The lowest BCUT2D eigenvalue weighted by Crippen LogP contribution is -2.27. The highest BCUT2D eigenvalue weighted by Crippen LogP contribution is 2.64. The summed E-state index contributed by atoms with van der Waals surface area (Å²) in [5.74, 6) is 2.76. The van der Waals surface area contributed by atoms with E-state index in [0.29, 0.717) is 29.3 Å². The molecule has 2 aliphatic carbocycles. The summed E-state index contributed by atoms with van der Waals surface area (Å²) < 4.78 is 0. The van der Waals surface area contributed by atoms with Crippen LogP contribution in [0.25, 0.3) is 56.4 Å². The molecule has 1 spiro atoms. The molecular formula is C52H49N3. The highest BCUT2D eigenvalue weighted by molar-refractivity contribution is 5.99. The molecule has 1 heterocycles. The van der Waals surface area contributed by atoms with E-state index in [1.165, 1.54) is 55.6 Å². The van der Waals surface area contributed by atoms with E-state index in [-0.39, 0.29) is 10.8 Å². The standard InChI is InChI=1S/C52H49N3/c1-32(50(3,4)5)36-26-28-38-39-29-27-37(33(2)51(6,7)8)31-45(39)52(44(38)30-36)42-24-16-15-22-40(42)46-41(23-17-25-43(46)52)49-54-47(34-18-11-9-12-19-34)53-48(55-49)35-20-13-10-14-21-35/h9-33H,1-8H3. The van der Waals surface area contributed by atoms with Gasteiger partial charge in [0.15, 0.2) is 17.5 Å². The lowest BCUT2D eigenvalue weighted by Gasteiger charge is -2.34. The SMILES string of the molecule is CC(c1ccc2c(c1)C1(c3cc(C(C)C(C)(C)C)ccc3-2)c2ccccc2-c2c(-c3nc(-c4ccccc4)nc(-c4ccccc4)n3)cccc21)C(C)(C)C. The Bertz CT molecular complexity index is 2460. The summed E-state index contributed by atoms with van der Waals surface area (Å²) in [4.78, 5) is 15.6. The Balaban J connectivity index is 1.36. The number of hydrogen-bond acceptors (Lipinski definition) is 3. The van der Waals surface area contributed by atoms with Crippen LogP contribution in [0.15, 0.2) is 140 Å². The molecule has 2 aliphatic rings. The van der Waals surface area contributed by atoms with Crippen molar-refractivity contribution in [1.82, 2.24) is 15.0 Å². The zero-order valence-corrected chi connectivity index (χ0v) is 33.3. The van der Waals surface area contributed by atoms with Gasteiger partial charge in [-0.05, 0) is 78.3 Å². The van der Waals surface area contributed by atoms with E-state index in [4.69, 9.17) is 15.0 Å². The maximum absolute atomic E-state index is 5.26. The number of nitrogens with zero attached hydrogens (tertiary/aromatic N) is 3. The molecule has 55 heavy (non-hydrogen) atoms. The summed E-state index contributed by atoms with van der Waals surface area (Å²) in [5.41, 5.74) is 15.8. The molecule has 0 amide bonds. The minimum atomic E-state index is -0.509. The molecule has 0 saturated carbocycles. The zero-order chi connectivity index (χ0) is 38.3.